The van der Waals surface area contributed by atoms with Crippen LogP contribution in [-0.4, -0.2) is 50.9 Å². The lowest BCUT2D eigenvalue weighted by Gasteiger charge is -2.32. The summed E-state index contributed by atoms with van der Waals surface area (Å²) in [4.78, 5) is 14.3. The molecule has 0 fully saturated rings. The highest BCUT2D eigenvalue weighted by molar-refractivity contribution is 5.78. The quantitative estimate of drug-likeness (QED) is 0.244. The lowest BCUT2D eigenvalue weighted by atomic mass is 10.1. The van der Waals surface area contributed by atoms with E-state index < -0.39 is 0 Å². The summed E-state index contributed by atoms with van der Waals surface area (Å²) in [6.45, 7) is 11.2. The maximum absolute atomic E-state index is 6.06. The highest BCUT2D eigenvalue weighted by Gasteiger charge is 2.22. The van der Waals surface area contributed by atoms with Crippen LogP contribution < -0.4 is 29.9 Å². The van der Waals surface area contributed by atoms with Gasteiger partial charge in [-0.1, -0.05) is 51.8 Å². The van der Waals surface area contributed by atoms with Gasteiger partial charge in [-0.25, -0.2) is 4.98 Å². The average Bonchev–Trinajstić information content (AvgIpc) is 2.96. The van der Waals surface area contributed by atoms with E-state index in [0.717, 1.165) is 83.7 Å². The molecule has 1 atom stereocenters. The van der Waals surface area contributed by atoms with Crippen LogP contribution in [0.3, 0.4) is 0 Å². The van der Waals surface area contributed by atoms with Gasteiger partial charge in [0.25, 0.3) is 0 Å². The third kappa shape index (κ3) is 6.79. The smallest absolute Gasteiger partial charge is 0.229 e. The van der Waals surface area contributed by atoms with Crippen LogP contribution in [0.2, 0.25) is 0 Å². The van der Waals surface area contributed by atoms with Gasteiger partial charge in [0.1, 0.15) is 23.9 Å². The van der Waals surface area contributed by atoms with Crippen molar-refractivity contribution in [3.05, 3.63) is 53.7 Å². The van der Waals surface area contributed by atoms with E-state index in [4.69, 9.17) is 19.4 Å². The Bertz CT molecular complexity index is 1320. The number of para-hydroxylation sites is 2. The number of nitrogens with zero attached hydrogens (tertiary/aromatic N) is 4. The molecule has 1 unspecified atom stereocenters. The molecule has 0 saturated heterocycles. The van der Waals surface area contributed by atoms with Crippen molar-refractivity contribution < 1.29 is 9.47 Å². The SMILES string of the molecule is CCCCN1CCOc2cc(Nc3nc(/C=C\C(C)CC)c(C)c(Nc4ccccc4N(C)C)n3)c(OC)cc21. The summed E-state index contributed by atoms with van der Waals surface area (Å²) >= 11 is 0. The molecule has 8 nitrogen and oxygen atoms in total. The van der Waals surface area contributed by atoms with Gasteiger partial charge in [-0.3, -0.25) is 0 Å². The number of nitrogens with one attached hydrogen (secondary N) is 2. The minimum absolute atomic E-state index is 0.449. The van der Waals surface area contributed by atoms with Crippen molar-refractivity contribution in [2.45, 2.75) is 47.0 Å². The van der Waals surface area contributed by atoms with E-state index in [1.807, 2.05) is 32.3 Å². The fraction of sp³-hybridized carbons (Fsp3) is 0.438. The zero-order chi connectivity index (χ0) is 28.6. The van der Waals surface area contributed by atoms with Gasteiger partial charge >= 0.3 is 0 Å². The molecule has 1 aromatic heterocycles. The summed E-state index contributed by atoms with van der Waals surface area (Å²) in [6.07, 6.45) is 7.65. The summed E-state index contributed by atoms with van der Waals surface area (Å²) in [5, 5.41) is 7.00. The predicted octanol–water partition coefficient (Wildman–Crippen LogP) is 7.41. The Hall–Kier alpha value is -3.94. The monoisotopic (exact) mass is 544 g/mol. The zero-order valence-corrected chi connectivity index (χ0v) is 25.0. The second-order valence-corrected chi connectivity index (χ2v) is 10.5. The largest absolute Gasteiger partial charge is 0.494 e. The molecular formula is C32H44N6O2. The number of hydrogen-bond donors (Lipinski definition) is 2. The van der Waals surface area contributed by atoms with E-state index in [1.165, 1.54) is 0 Å². The average molecular weight is 545 g/mol. The standard InChI is InChI=1S/C32H44N6O2/c1-8-10-17-38-18-19-40-30-20-26(29(39-7)21-28(30)38)35-32-34-24(16-15-22(3)9-2)23(4)31(36-32)33-25-13-11-12-14-27(25)37(5)6/h11-16,20-22H,8-10,17-19H2,1-7H3,(H2,33,34,35,36)/b16-15-. The summed E-state index contributed by atoms with van der Waals surface area (Å²) in [5.74, 6) is 3.24. The molecule has 0 bridgehead atoms. The minimum atomic E-state index is 0.449. The van der Waals surface area contributed by atoms with Crippen molar-refractivity contribution in [2.24, 2.45) is 5.92 Å². The van der Waals surface area contributed by atoms with Gasteiger partial charge in [0.2, 0.25) is 5.95 Å². The van der Waals surface area contributed by atoms with Crippen LogP contribution in [0.15, 0.2) is 42.5 Å². The van der Waals surface area contributed by atoms with Gasteiger partial charge in [0, 0.05) is 38.3 Å². The minimum Gasteiger partial charge on any atom is -0.494 e. The van der Waals surface area contributed by atoms with Crippen LogP contribution in [-0.2, 0) is 0 Å². The number of hydrogen-bond acceptors (Lipinski definition) is 8. The highest BCUT2D eigenvalue weighted by Crippen LogP contribution is 2.41. The van der Waals surface area contributed by atoms with E-state index in [2.05, 4.69) is 78.5 Å². The van der Waals surface area contributed by atoms with E-state index in [-0.39, 0.29) is 0 Å². The first-order valence-electron chi connectivity index (χ1n) is 14.3. The van der Waals surface area contributed by atoms with E-state index >= 15 is 0 Å². The van der Waals surface area contributed by atoms with E-state index in [1.54, 1.807) is 7.11 Å². The molecule has 2 heterocycles. The topological polar surface area (TPSA) is 74.8 Å². The molecule has 2 N–H and O–H groups in total. The molecule has 40 heavy (non-hydrogen) atoms. The van der Waals surface area contributed by atoms with Gasteiger partial charge in [0.15, 0.2) is 0 Å². The molecule has 0 spiro atoms. The number of fused-ring (bicyclic) bond motifs is 1. The number of benzene rings is 2. The second kappa shape index (κ2) is 13.4. The fourth-order valence-electron chi connectivity index (χ4n) is 4.63. The Balaban J connectivity index is 1.74. The molecule has 0 saturated carbocycles. The van der Waals surface area contributed by atoms with Crippen LogP contribution in [0.1, 0.15) is 51.3 Å². The number of methoxy groups -OCH3 is 1. The first-order chi connectivity index (χ1) is 19.3. The van der Waals surface area contributed by atoms with Crippen molar-refractivity contribution in [3.8, 4) is 11.5 Å². The Labute approximate surface area is 239 Å². The van der Waals surface area contributed by atoms with Crippen molar-refractivity contribution in [3.63, 3.8) is 0 Å². The molecule has 1 aliphatic rings. The normalized spacial score (nSPS) is 13.5. The van der Waals surface area contributed by atoms with Crippen LogP contribution in [0, 0.1) is 12.8 Å². The third-order valence-corrected chi connectivity index (χ3v) is 7.32. The van der Waals surface area contributed by atoms with Gasteiger partial charge in [-0.05, 0) is 37.5 Å². The van der Waals surface area contributed by atoms with Crippen molar-refractivity contribution in [1.29, 1.82) is 0 Å². The molecular weight excluding hydrogens is 500 g/mol. The number of allylic oxidation sites excluding steroid dienone is 1. The van der Waals surface area contributed by atoms with E-state index in [9.17, 15) is 0 Å². The van der Waals surface area contributed by atoms with Crippen molar-refractivity contribution in [1.82, 2.24) is 9.97 Å². The summed E-state index contributed by atoms with van der Waals surface area (Å²) in [7, 11) is 5.76. The van der Waals surface area contributed by atoms with Crippen molar-refractivity contribution in [2.75, 3.05) is 61.3 Å². The third-order valence-electron chi connectivity index (χ3n) is 7.32. The summed E-state index contributed by atoms with van der Waals surface area (Å²) in [6, 6.07) is 12.3. The van der Waals surface area contributed by atoms with Crippen LogP contribution >= 0.6 is 0 Å². The number of rotatable bonds is 12. The Morgan fingerprint density at radius 1 is 1.12 bits per heavy atom. The second-order valence-electron chi connectivity index (χ2n) is 10.5. The van der Waals surface area contributed by atoms with Crippen LogP contribution in [0.4, 0.5) is 34.5 Å². The lowest BCUT2D eigenvalue weighted by molar-refractivity contribution is 0.306. The maximum atomic E-state index is 6.06. The molecule has 0 aliphatic carbocycles. The summed E-state index contributed by atoms with van der Waals surface area (Å²) in [5.41, 5.74) is 5.72. The highest BCUT2D eigenvalue weighted by atomic mass is 16.5. The molecule has 4 rings (SSSR count). The molecule has 2 aromatic carbocycles. The fourth-order valence-corrected chi connectivity index (χ4v) is 4.63. The first kappa shape index (κ1) is 29.1. The lowest BCUT2D eigenvalue weighted by Crippen LogP contribution is -2.33. The Morgan fingerprint density at radius 2 is 1.93 bits per heavy atom. The van der Waals surface area contributed by atoms with Crippen molar-refractivity contribution >= 4 is 40.6 Å². The molecule has 3 aromatic rings. The number of ether oxygens (including phenoxy) is 2. The van der Waals surface area contributed by atoms with Crippen LogP contribution in [0.5, 0.6) is 11.5 Å². The van der Waals surface area contributed by atoms with Gasteiger partial charge in [0.05, 0.1) is 42.1 Å². The number of unbranched alkanes of at least 4 members (excludes halogenated alkanes) is 1. The van der Waals surface area contributed by atoms with Gasteiger partial charge in [-0.15, -0.1) is 0 Å². The molecule has 1 aliphatic heterocycles. The zero-order valence-electron chi connectivity index (χ0n) is 25.0. The Kier molecular flexibility index (Phi) is 9.74. The van der Waals surface area contributed by atoms with E-state index in [0.29, 0.717) is 18.5 Å². The van der Waals surface area contributed by atoms with Crippen LogP contribution in [0.25, 0.3) is 6.08 Å². The molecule has 0 radical (unpaired) electrons. The Morgan fingerprint density at radius 3 is 2.65 bits per heavy atom. The van der Waals surface area contributed by atoms with Gasteiger partial charge < -0.3 is 29.9 Å². The first-order valence-corrected chi connectivity index (χ1v) is 14.3. The molecule has 8 heteroatoms. The molecule has 0 amide bonds. The summed E-state index contributed by atoms with van der Waals surface area (Å²) < 4.78 is 11.9. The predicted molar refractivity (Wildman–Crippen MR) is 168 cm³/mol. The maximum Gasteiger partial charge on any atom is 0.229 e. The molecule has 214 valence electrons. The number of anilines is 6. The van der Waals surface area contributed by atoms with Gasteiger partial charge in [-0.2, -0.15) is 4.98 Å². The number of aromatic nitrogens is 2.